The van der Waals surface area contributed by atoms with E-state index in [4.69, 9.17) is 4.74 Å². The Morgan fingerprint density at radius 3 is 2.31 bits per heavy atom. The first-order chi connectivity index (χ1) is 16.9. The number of benzene rings is 3. The van der Waals surface area contributed by atoms with Crippen LogP contribution >= 0.6 is 11.3 Å². The van der Waals surface area contributed by atoms with Crippen LogP contribution < -0.4 is 5.32 Å². The lowest BCUT2D eigenvalue weighted by atomic mass is 9.98. The summed E-state index contributed by atoms with van der Waals surface area (Å²) in [6.45, 7) is 4.37. The maximum Gasteiger partial charge on any atom is 0.407 e. The van der Waals surface area contributed by atoms with E-state index in [9.17, 15) is 14.7 Å². The molecule has 6 heteroatoms. The van der Waals surface area contributed by atoms with Crippen LogP contribution in [0.25, 0.3) is 21.2 Å². The summed E-state index contributed by atoms with van der Waals surface area (Å²) in [6, 6.07) is 21.4. The maximum atomic E-state index is 12.6. The van der Waals surface area contributed by atoms with Gasteiger partial charge in [0.15, 0.2) is 0 Å². The van der Waals surface area contributed by atoms with Crippen molar-refractivity contribution in [3.8, 4) is 11.1 Å². The monoisotopic (exact) mass is 485 g/mol. The number of fused-ring (bicyclic) bond motifs is 4. The predicted molar refractivity (Wildman–Crippen MR) is 139 cm³/mol. The van der Waals surface area contributed by atoms with Crippen LogP contribution in [0.3, 0.4) is 0 Å². The Hall–Kier alpha value is -3.64. The van der Waals surface area contributed by atoms with Crippen molar-refractivity contribution in [3.63, 3.8) is 0 Å². The number of nitrogens with one attached hydrogen (secondary N) is 1. The number of alkyl carbamates (subject to hydrolysis) is 1. The Morgan fingerprint density at radius 1 is 1.00 bits per heavy atom. The van der Waals surface area contributed by atoms with E-state index in [0.29, 0.717) is 6.42 Å². The molecular weight excluding hydrogens is 458 g/mol. The molecule has 1 aromatic heterocycles. The first-order valence-electron chi connectivity index (χ1n) is 11.8. The van der Waals surface area contributed by atoms with Crippen molar-refractivity contribution in [1.82, 2.24) is 5.32 Å². The zero-order valence-corrected chi connectivity index (χ0v) is 20.5. The van der Waals surface area contributed by atoms with Crippen LogP contribution in [0.4, 0.5) is 4.79 Å². The molecule has 0 saturated heterocycles. The van der Waals surface area contributed by atoms with Gasteiger partial charge in [-0.1, -0.05) is 60.7 Å². The van der Waals surface area contributed by atoms with E-state index in [0.717, 1.165) is 27.8 Å². The zero-order chi connectivity index (χ0) is 24.5. The van der Waals surface area contributed by atoms with Gasteiger partial charge >= 0.3 is 12.1 Å². The lowest BCUT2D eigenvalue weighted by Crippen LogP contribution is -2.41. The molecule has 3 aromatic carbocycles. The predicted octanol–water partition coefficient (Wildman–Crippen LogP) is 6.44. The molecule has 5 nitrogen and oxygen atoms in total. The molecule has 1 aliphatic rings. The van der Waals surface area contributed by atoms with Gasteiger partial charge in [-0.2, -0.15) is 0 Å². The van der Waals surface area contributed by atoms with Crippen LogP contribution in [-0.4, -0.2) is 29.8 Å². The van der Waals surface area contributed by atoms with Gasteiger partial charge in [-0.05, 0) is 71.5 Å². The van der Waals surface area contributed by atoms with E-state index in [1.807, 2.05) is 30.3 Å². The van der Waals surface area contributed by atoms with Crippen molar-refractivity contribution in [2.75, 3.05) is 6.61 Å². The average molecular weight is 486 g/mol. The molecule has 2 N–H and O–H groups in total. The second kappa shape index (κ2) is 9.55. The quantitative estimate of drug-likeness (QED) is 0.316. The standard InChI is InChI=1S/C29H27NO4S/c1-17-18(2)35-27-14-12-19(15-24(17)27)11-13-26(28(31)32)30-29(33)34-16-25-22-9-5-3-7-20(22)21-8-4-6-10-23(21)25/h3-10,12,14-15,25-26H,11,13,16H2,1-2H3,(H,30,33)(H,31,32)/t26-/m0/s1. The number of aryl methyl sites for hydroxylation is 3. The number of carbonyl (C=O) groups excluding carboxylic acids is 1. The molecule has 0 spiro atoms. The third kappa shape index (κ3) is 4.54. The molecule has 178 valence electrons. The van der Waals surface area contributed by atoms with E-state index in [-0.39, 0.29) is 18.9 Å². The number of carbonyl (C=O) groups is 2. The number of thiophene rings is 1. The molecule has 1 atom stereocenters. The van der Waals surface area contributed by atoms with Crippen molar-refractivity contribution >= 4 is 33.5 Å². The lowest BCUT2D eigenvalue weighted by molar-refractivity contribution is -0.139. The van der Waals surface area contributed by atoms with Crippen molar-refractivity contribution in [2.45, 2.75) is 38.6 Å². The van der Waals surface area contributed by atoms with Gasteiger partial charge in [-0.3, -0.25) is 0 Å². The van der Waals surface area contributed by atoms with Gasteiger partial charge in [0.2, 0.25) is 0 Å². The molecule has 1 heterocycles. The summed E-state index contributed by atoms with van der Waals surface area (Å²) in [5.74, 6) is -1.14. The molecule has 1 aliphatic carbocycles. The summed E-state index contributed by atoms with van der Waals surface area (Å²) in [7, 11) is 0. The summed E-state index contributed by atoms with van der Waals surface area (Å²) in [4.78, 5) is 25.7. The number of aliphatic carboxylic acids is 1. The number of hydrogen-bond acceptors (Lipinski definition) is 4. The van der Waals surface area contributed by atoms with E-state index < -0.39 is 18.1 Å². The molecule has 0 bridgehead atoms. The first kappa shape index (κ1) is 23.1. The van der Waals surface area contributed by atoms with Crippen molar-refractivity contribution < 1.29 is 19.4 Å². The first-order valence-corrected chi connectivity index (χ1v) is 12.6. The minimum Gasteiger partial charge on any atom is -0.480 e. The van der Waals surface area contributed by atoms with Gasteiger partial charge in [-0.25, -0.2) is 9.59 Å². The van der Waals surface area contributed by atoms with Crippen molar-refractivity contribution in [3.05, 3.63) is 93.9 Å². The molecule has 5 rings (SSSR count). The molecule has 0 fully saturated rings. The Morgan fingerprint density at radius 2 is 1.66 bits per heavy atom. The lowest BCUT2D eigenvalue weighted by Gasteiger charge is -2.17. The number of hydrogen-bond donors (Lipinski definition) is 2. The van der Waals surface area contributed by atoms with Gasteiger partial charge in [-0.15, -0.1) is 11.3 Å². The largest absolute Gasteiger partial charge is 0.480 e. The van der Waals surface area contributed by atoms with Gasteiger partial charge < -0.3 is 15.2 Å². The number of carboxylic acid groups (broad SMARTS) is 1. The smallest absolute Gasteiger partial charge is 0.407 e. The topological polar surface area (TPSA) is 75.6 Å². The van der Waals surface area contributed by atoms with Gasteiger partial charge in [0.1, 0.15) is 12.6 Å². The molecule has 0 unspecified atom stereocenters. The highest BCUT2D eigenvalue weighted by atomic mass is 32.1. The summed E-state index contributed by atoms with van der Waals surface area (Å²) < 4.78 is 6.77. The van der Waals surface area contributed by atoms with E-state index >= 15 is 0 Å². The third-order valence-electron chi connectivity index (χ3n) is 6.89. The second-order valence-electron chi connectivity index (χ2n) is 9.01. The van der Waals surface area contributed by atoms with Crippen molar-refractivity contribution in [1.29, 1.82) is 0 Å². The van der Waals surface area contributed by atoms with Gasteiger partial charge in [0.05, 0.1) is 0 Å². The minimum absolute atomic E-state index is 0.0690. The fourth-order valence-electron chi connectivity index (χ4n) is 4.90. The number of ether oxygens (including phenoxy) is 1. The minimum atomic E-state index is -1.07. The summed E-state index contributed by atoms with van der Waals surface area (Å²) in [6.07, 6.45) is 0.122. The van der Waals surface area contributed by atoms with Crippen LogP contribution in [0.1, 0.15) is 39.5 Å². The number of carboxylic acids is 1. The molecule has 1 amide bonds. The normalized spacial score (nSPS) is 13.3. The molecule has 0 saturated carbocycles. The number of amides is 1. The fourth-order valence-corrected chi connectivity index (χ4v) is 5.95. The van der Waals surface area contributed by atoms with Crippen LogP contribution in [0, 0.1) is 13.8 Å². The highest BCUT2D eigenvalue weighted by molar-refractivity contribution is 7.19. The Bertz CT molecular complexity index is 1380. The Balaban J connectivity index is 1.22. The summed E-state index contributed by atoms with van der Waals surface area (Å²) >= 11 is 1.76. The zero-order valence-electron chi connectivity index (χ0n) is 19.7. The van der Waals surface area contributed by atoms with E-state index in [1.165, 1.54) is 20.5 Å². The van der Waals surface area contributed by atoms with Crippen LogP contribution in [0.15, 0.2) is 66.7 Å². The van der Waals surface area contributed by atoms with Crippen LogP contribution in [0.5, 0.6) is 0 Å². The number of rotatable bonds is 7. The van der Waals surface area contributed by atoms with Gasteiger partial charge in [0.25, 0.3) is 0 Å². The average Bonchev–Trinajstić information content (AvgIpc) is 3.33. The van der Waals surface area contributed by atoms with E-state index in [1.54, 1.807) is 11.3 Å². The fraction of sp³-hybridized carbons (Fsp3) is 0.241. The summed E-state index contributed by atoms with van der Waals surface area (Å²) in [5, 5.41) is 13.5. The van der Waals surface area contributed by atoms with Crippen LogP contribution in [-0.2, 0) is 16.0 Å². The van der Waals surface area contributed by atoms with Crippen LogP contribution in [0.2, 0.25) is 0 Å². The molecular formula is C29H27NO4S. The molecule has 4 aromatic rings. The van der Waals surface area contributed by atoms with Crippen molar-refractivity contribution in [2.24, 2.45) is 0 Å². The van der Waals surface area contributed by atoms with E-state index in [2.05, 4.69) is 55.6 Å². The SMILES string of the molecule is Cc1sc2ccc(CC[C@H](NC(=O)OCC3c4ccccc4-c4ccccc43)C(=O)O)cc2c1C. The summed E-state index contributed by atoms with van der Waals surface area (Å²) in [5.41, 5.74) is 6.84. The molecule has 35 heavy (non-hydrogen) atoms. The Labute approximate surface area is 208 Å². The maximum absolute atomic E-state index is 12.6. The Kier molecular flexibility index (Phi) is 6.31. The highest BCUT2D eigenvalue weighted by Crippen LogP contribution is 2.44. The second-order valence-corrected chi connectivity index (χ2v) is 10.3. The third-order valence-corrected chi connectivity index (χ3v) is 8.08. The molecule has 0 radical (unpaired) electrons. The molecule has 0 aliphatic heterocycles. The highest BCUT2D eigenvalue weighted by Gasteiger charge is 2.29. The van der Waals surface area contributed by atoms with Gasteiger partial charge in [0, 0.05) is 15.5 Å².